The lowest BCUT2D eigenvalue weighted by molar-refractivity contribution is -0.696. The average molecular weight is 350 g/mol. The Kier molecular flexibility index (Phi) is 14.8. The highest BCUT2D eigenvalue weighted by Crippen LogP contribution is 2.11. The zero-order valence-corrected chi connectivity index (χ0v) is 17.4. The summed E-state index contributed by atoms with van der Waals surface area (Å²) in [7, 11) is 0. The van der Waals surface area contributed by atoms with Gasteiger partial charge in [0.1, 0.15) is 12.4 Å². The molecule has 0 saturated heterocycles. The molecule has 0 aliphatic heterocycles. The third-order valence-electron chi connectivity index (χ3n) is 5.29. The number of nitrogens with zero attached hydrogens (tertiary/aromatic N) is 2. The molecule has 0 atom stereocenters. The fourth-order valence-electron chi connectivity index (χ4n) is 3.56. The molecule has 0 fully saturated rings. The van der Waals surface area contributed by atoms with Gasteiger partial charge in [0.15, 0.2) is 0 Å². The number of hydrogen-bond donors (Lipinski definition) is 0. The van der Waals surface area contributed by atoms with Crippen LogP contribution in [0.1, 0.15) is 117 Å². The van der Waals surface area contributed by atoms with E-state index >= 15 is 0 Å². The molecule has 2 nitrogen and oxygen atoms in total. The van der Waals surface area contributed by atoms with Gasteiger partial charge in [0.05, 0.1) is 13.1 Å². The summed E-state index contributed by atoms with van der Waals surface area (Å²) in [4.78, 5) is 0. The summed E-state index contributed by atoms with van der Waals surface area (Å²) >= 11 is 0. The van der Waals surface area contributed by atoms with Crippen molar-refractivity contribution in [3.63, 3.8) is 0 Å². The number of imidazole rings is 1. The summed E-state index contributed by atoms with van der Waals surface area (Å²) in [6.45, 7) is 6.95. The summed E-state index contributed by atoms with van der Waals surface area (Å²) in [5.74, 6) is 0. The number of aryl methyl sites for hydroxylation is 2. The Morgan fingerprint density at radius 3 is 1.64 bits per heavy atom. The Morgan fingerprint density at radius 2 is 1.08 bits per heavy atom. The van der Waals surface area contributed by atoms with Crippen molar-refractivity contribution < 1.29 is 4.57 Å². The van der Waals surface area contributed by atoms with Crippen LogP contribution in [-0.4, -0.2) is 4.57 Å². The molecule has 0 N–H and O–H groups in total. The van der Waals surface area contributed by atoms with Crippen molar-refractivity contribution in [1.29, 1.82) is 0 Å². The maximum Gasteiger partial charge on any atom is 0.243 e. The Bertz CT molecular complexity index is 383. The van der Waals surface area contributed by atoms with E-state index in [4.69, 9.17) is 0 Å². The SMILES string of the molecule is CCCCCCCCCCCCCC[n+]1ccn(CCCCCC)c1. The molecule has 1 heterocycles. The minimum absolute atomic E-state index is 1.19. The molecule has 1 rings (SSSR count). The van der Waals surface area contributed by atoms with E-state index in [0.717, 1.165) is 0 Å². The highest BCUT2D eigenvalue weighted by atomic mass is 15.1. The van der Waals surface area contributed by atoms with Crippen LogP contribution >= 0.6 is 0 Å². The third kappa shape index (κ3) is 13.1. The molecule has 0 amide bonds. The minimum Gasteiger partial charge on any atom is -0.237 e. The van der Waals surface area contributed by atoms with E-state index in [1.165, 1.54) is 116 Å². The lowest BCUT2D eigenvalue weighted by Gasteiger charge is -2.02. The molecular formula is C23H45N2+. The van der Waals surface area contributed by atoms with Crippen molar-refractivity contribution >= 4 is 0 Å². The second kappa shape index (κ2) is 16.7. The minimum atomic E-state index is 1.19. The molecule has 25 heavy (non-hydrogen) atoms. The van der Waals surface area contributed by atoms with E-state index in [1.807, 2.05) is 0 Å². The number of aromatic nitrogens is 2. The fraction of sp³-hybridized carbons (Fsp3) is 0.870. The highest BCUT2D eigenvalue weighted by Gasteiger charge is 2.03. The number of unbranched alkanes of at least 4 members (excludes halogenated alkanes) is 14. The van der Waals surface area contributed by atoms with E-state index in [9.17, 15) is 0 Å². The molecule has 0 spiro atoms. The summed E-state index contributed by atoms with van der Waals surface area (Å²) in [6, 6.07) is 0. The molecule has 0 unspecified atom stereocenters. The molecule has 0 saturated carbocycles. The van der Waals surface area contributed by atoms with Crippen LogP contribution in [0.25, 0.3) is 0 Å². The molecule has 0 aromatic carbocycles. The van der Waals surface area contributed by atoms with E-state index in [0.29, 0.717) is 0 Å². The van der Waals surface area contributed by atoms with Gasteiger partial charge in [-0.05, 0) is 25.7 Å². The van der Waals surface area contributed by atoms with Crippen molar-refractivity contribution in [1.82, 2.24) is 4.57 Å². The van der Waals surface area contributed by atoms with Gasteiger partial charge in [-0.15, -0.1) is 0 Å². The van der Waals surface area contributed by atoms with Crippen molar-refractivity contribution in [3.8, 4) is 0 Å². The zero-order chi connectivity index (χ0) is 18.0. The highest BCUT2D eigenvalue weighted by molar-refractivity contribution is 4.66. The van der Waals surface area contributed by atoms with Gasteiger partial charge in [0, 0.05) is 0 Å². The summed E-state index contributed by atoms with van der Waals surface area (Å²) in [6.07, 6.45) is 29.3. The Labute approximate surface area is 158 Å². The average Bonchev–Trinajstić information content (AvgIpc) is 3.07. The van der Waals surface area contributed by atoms with Crippen LogP contribution in [-0.2, 0) is 13.1 Å². The van der Waals surface area contributed by atoms with Crippen LogP contribution in [0.3, 0.4) is 0 Å². The topological polar surface area (TPSA) is 8.81 Å². The maximum atomic E-state index is 2.37. The Morgan fingerprint density at radius 1 is 0.600 bits per heavy atom. The Hall–Kier alpha value is -0.790. The summed E-state index contributed by atoms with van der Waals surface area (Å²) < 4.78 is 4.73. The van der Waals surface area contributed by atoms with Gasteiger partial charge in [-0.2, -0.15) is 0 Å². The lowest BCUT2D eigenvalue weighted by atomic mass is 10.1. The van der Waals surface area contributed by atoms with Crippen LogP contribution in [0.2, 0.25) is 0 Å². The van der Waals surface area contributed by atoms with Gasteiger partial charge in [-0.25, -0.2) is 9.13 Å². The first-order valence-electron chi connectivity index (χ1n) is 11.4. The first-order valence-corrected chi connectivity index (χ1v) is 11.4. The van der Waals surface area contributed by atoms with Gasteiger partial charge >= 0.3 is 0 Å². The zero-order valence-electron chi connectivity index (χ0n) is 17.4. The standard InChI is InChI=1S/C23H45N2/c1-3-5-7-9-10-11-12-13-14-15-16-18-20-25-22-21-24(23-25)19-17-8-6-4-2/h21-23H,3-20H2,1-2H3/q+1. The normalized spacial score (nSPS) is 11.3. The van der Waals surface area contributed by atoms with Gasteiger partial charge in [-0.1, -0.05) is 90.9 Å². The lowest BCUT2D eigenvalue weighted by Crippen LogP contribution is -2.30. The van der Waals surface area contributed by atoms with E-state index in [-0.39, 0.29) is 0 Å². The predicted octanol–water partition coefficient (Wildman–Crippen LogP) is 7.06. The van der Waals surface area contributed by atoms with Crippen LogP contribution in [0.15, 0.2) is 18.7 Å². The van der Waals surface area contributed by atoms with Crippen LogP contribution in [0.5, 0.6) is 0 Å². The molecule has 1 aromatic heterocycles. The fourth-order valence-corrected chi connectivity index (χ4v) is 3.56. The maximum absolute atomic E-state index is 2.37. The molecule has 146 valence electrons. The van der Waals surface area contributed by atoms with E-state index < -0.39 is 0 Å². The quantitative estimate of drug-likeness (QED) is 0.198. The van der Waals surface area contributed by atoms with Gasteiger partial charge in [0.2, 0.25) is 6.33 Å². The molecule has 1 aromatic rings. The van der Waals surface area contributed by atoms with Gasteiger partial charge in [0.25, 0.3) is 0 Å². The molecule has 2 heteroatoms. The number of rotatable bonds is 18. The van der Waals surface area contributed by atoms with Crippen molar-refractivity contribution in [3.05, 3.63) is 18.7 Å². The first kappa shape index (κ1) is 22.3. The van der Waals surface area contributed by atoms with Crippen molar-refractivity contribution in [2.75, 3.05) is 0 Å². The first-order chi connectivity index (χ1) is 12.4. The molecular weight excluding hydrogens is 304 g/mol. The second-order valence-corrected chi connectivity index (χ2v) is 7.84. The monoisotopic (exact) mass is 349 g/mol. The van der Waals surface area contributed by atoms with Crippen LogP contribution in [0.4, 0.5) is 0 Å². The third-order valence-corrected chi connectivity index (χ3v) is 5.29. The molecule has 0 aliphatic carbocycles. The van der Waals surface area contributed by atoms with Crippen LogP contribution < -0.4 is 4.57 Å². The molecule has 0 aliphatic rings. The van der Waals surface area contributed by atoms with E-state index in [2.05, 4.69) is 41.7 Å². The van der Waals surface area contributed by atoms with E-state index in [1.54, 1.807) is 0 Å². The van der Waals surface area contributed by atoms with Gasteiger partial charge in [-0.3, -0.25) is 0 Å². The molecule has 0 radical (unpaired) electrons. The number of hydrogen-bond acceptors (Lipinski definition) is 0. The largest absolute Gasteiger partial charge is 0.243 e. The Balaban J connectivity index is 1.87. The predicted molar refractivity (Wildman–Crippen MR) is 110 cm³/mol. The summed E-state index contributed by atoms with van der Waals surface area (Å²) in [5, 5.41) is 0. The van der Waals surface area contributed by atoms with Crippen molar-refractivity contribution in [2.24, 2.45) is 0 Å². The molecule has 0 bridgehead atoms. The van der Waals surface area contributed by atoms with Crippen molar-refractivity contribution in [2.45, 2.75) is 130 Å². The van der Waals surface area contributed by atoms with Crippen LogP contribution in [0, 0.1) is 0 Å². The van der Waals surface area contributed by atoms with Gasteiger partial charge < -0.3 is 0 Å². The smallest absolute Gasteiger partial charge is 0.237 e. The summed E-state index contributed by atoms with van der Waals surface area (Å²) in [5.41, 5.74) is 0. The second-order valence-electron chi connectivity index (χ2n) is 7.84.